The number of aromatic nitrogens is 1. The van der Waals surface area contributed by atoms with Crippen LogP contribution in [0.25, 0.3) is 11.1 Å². The van der Waals surface area contributed by atoms with E-state index in [4.69, 9.17) is 15.2 Å². The van der Waals surface area contributed by atoms with Crippen molar-refractivity contribution in [1.82, 2.24) is 4.98 Å². The second-order valence-corrected chi connectivity index (χ2v) is 7.62. The third kappa shape index (κ3) is 6.74. The quantitative estimate of drug-likeness (QED) is 0.289. The molecule has 1 heterocycles. The molecular formula is C27H24ClF3N2O2. The minimum absolute atomic E-state index is 0. The van der Waals surface area contributed by atoms with Gasteiger partial charge in [0, 0.05) is 18.2 Å². The summed E-state index contributed by atoms with van der Waals surface area (Å²) in [7, 11) is 0. The lowest BCUT2D eigenvalue weighted by atomic mass is 9.98. The van der Waals surface area contributed by atoms with Gasteiger partial charge in [-0.05, 0) is 40.5 Å². The van der Waals surface area contributed by atoms with Crippen molar-refractivity contribution in [3.8, 4) is 22.9 Å². The maximum Gasteiger partial charge on any atom is 0.416 e. The van der Waals surface area contributed by atoms with Crippen LogP contribution in [-0.2, 0) is 25.9 Å². The highest BCUT2D eigenvalue weighted by atomic mass is 35.5. The van der Waals surface area contributed by atoms with Crippen LogP contribution in [0.5, 0.6) is 11.8 Å². The Morgan fingerprint density at radius 2 is 1.29 bits per heavy atom. The highest BCUT2D eigenvalue weighted by Crippen LogP contribution is 2.37. The van der Waals surface area contributed by atoms with Crippen molar-refractivity contribution >= 4 is 12.4 Å². The van der Waals surface area contributed by atoms with Crippen LogP contribution in [0.3, 0.4) is 0 Å². The summed E-state index contributed by atoms with van der Waals surface area (Å²) in [5.41, 5.74) is 8.38. The summed E-state index contributed by atoms with van der Waals surface area (Å²) in [6.45, 7) is 0.491. The molecule has 1 aromatic heterocycles. The van der Waals surface area contributed by atoms with Gasteiger partial charge in [-0.2, -0.15) is 18.2 Å². The second kappa shape index (κ2) is 11.7. The zero-order valence-electron chi connectivity index (χ0n) is 18.7. The molecule has 0 spiro atoms. The van der Waals surface area contributed by atoms with E-state index in [1.165, 1.54) is 6.07 Å². The molecule has 3 aromatic carbocycles. The van der Waals surface area contributed by atoms with Crippen molar-refractivity contribution < 1.29 is 22.6 Å². The van der Waals surface area contributed by atoms with Crippen molar-refractivity contribution in [1.29, 1.82) is 0 Å². The van der Waals surface area contributed by atoms with Gasteiger partial charge in [-0.25, -0.2) is 0 Å². The van der Waals surface area contributed by atoms with E-state index in [0.717, 1.165) is 23.3 Å². The van der Waals surface area contributed by atoms with Gasteiger partial charge in [-0.3, -0.25) is 0 Å². The number of alkyl halides is 3. The van der Waals surface area contributed by atoms with Gasteiger partial charge >= 0.3 is 6.18 Å². The highest BCUT2D eigenvalue weighted by molar-refractivity contribution is 5.85. The Morgan fingerprint density at radius 3 is 1.86 bits per heavy atom. The molecule has 0 aliphatic carbocycles. The Morgan fingerprint density at radius 1 is 0.714 bits per heavy atom. The van der Waals surface area contributed by atoms with E-state index < -0.39 is 11.7 Å². The third-order valence-corrected chi connectivity index (χ3v) is 5.23. The van der Waals surface area contributed by atoms with Gasteiger partial charge in [0.2, 0.25) is 11.8 Å². The third-order valence-electron chi connectivity index (χ3n) is 5.23. The summed E-state index contributed by atoms with van der Waals surface area (Å²) < 4.78 is 51.5. The van der Waals surface area contributed by atoms with Gasteiger partial charge in [0.05, 0.1) is 5.56 Å². The maximum atomic E-state index is 13.2. The van der Waals surface area contributed by atoms with Crippen molar-refractivity contribution in [2.45, 2.75) is 25.9 Å². The first-order valence-corrected chi connectivity index (χ1v) is 10.7. The van der Waals surface area contributed by atoms with E-state index in [2.05, 4.69) is 4.98 Å². The van der Waals surface area contributed by atoms with Crippen molar-refractivity contribution in [2.24, 2.45) is 5.73 Å². The van der Waals surface area contributed by atoms with E-state index in [1.807, 2.05) is 60.7 Å². The zero-order chi connectivity index (χ0) is 24.0. The smallest absolute Gasteiger partial charge is 0.416 e. The number of hydrogen-bond donors (Lipinski definition) is 1. The number of rotatable bonds is 8. The van der Waals surface area contributed by atoms with E-state index in [0.29, 0.717) is 29.2 Å². The van der Waals surface area contributed by atoms with Gasteiger partial charge in [0.25, 0.3) is 0 Å². The molecule has 0 amide bonds. The molecule has 35 heavy (non-hydrogen) atoms. The molecule has 0 unspecified atom stereocenters. The van der Waals surface area contributed by atoms with E-state index >= 15 is 0 Å². The summed E-state index contributed by atoms with van der Waals surface area (Å²) in [5.74, 6) is 0.598. The van der Waals surface area contributed by atoms with Crippen LogP contribution in [0.15, 0.2) is 91.0 Å². The first kappa shape index (κ1) is 26.1. The average Bonchev–Trinajstić information content (AvgIpc) is 2.86. The molecule has 182 valence electrons. The minimum atomic E-state index is -4.46. The van der Waals surface area contributed by atoms with Crippen LogP contribution in [0.2, 0.25) is 0 Å². The molecule has 0 aliphatic rings. The molecule has 4 rings (SSSR count). The van der Waals surface area contributed by atoms with Crippen LogP contribution in [-0.4, -0.2) is 4.98 Å². The molecule has 0 saturated heterocycles. The van der Waals surface area contributed by atoms with Gasteiger partial charge in [0.15, 0.2) is 0 Å². The number of benzene rings is 3. The van der Waals surface area contributed by atoms with E-state index in [1.54, 1.807) is 12.1 Å². The number of halogens is 4. The van der Waals surface area contributed by atoms with Gasteiger partial charge in [0.1, 0.15) is 13.2 Å². The molecule has 0 fully saturated rings. The minimum Gasteiger partial charge on any atom is -0.473 e. The summed E-state index contributed by atoms with van der Waals surface area (Å²) >= 11 is 0. The number of nitrogens with two attached hydrogens (primary N) is 1. The van der Waals surface area contributed by atoms with Gasteiger partial charge in [-0.15, -0.1) is 12.4 Å². The fraction of sp³-hybridized carbons (Fsp3) is 0.148. The molecule has 0 radical (unpaired) electrons. The highest BCUT2D eigenvalue weighted by Gasteiger charge is 2.31. The lowest BCUT2D eigenvalue weighted by Crippen LogP contribution is -2.09. The van der Waals surface area contributed by atoms with Crippen LogP contribution in [0.1, 0.15) is 22.3 Å². The molecule has 4 aromatic rings. The summed E-state index contributed by atoms with van der Waals surface area (Å²) in [4.78, 5) is 4.52. The number of hydrogen-bond acceptors (Lipinski definition) is 4. The Hall–Kier alpha value is -3.55. The second-order valence-electron chi connectivity index (χ2n) is 7.62. The first-order chi connectivity index (χ1) is 16.4. The monoisotopic (exact) mass is 500 g/mol. The largest absolute Gasteiger partial charge is 0.473 e. The van der Waals surface area contributed by atoms with E-state index in [-0.39, 0.29) is 31.4 Å². The predicted octanol–water partition coefficient (Wildman–Crippen LogP) is 6.81. The summed E-state index contributed by atoms with van der Waals surface area (Å²) in [5, 5.41) is 0. The van der Waals surface area contributed by atoms with Crippen molar-refractivity contribution in [3.63, 3.8) is 0 Å². The number of pyridine rings is 1. The van der Waals surface area contributed by atoms with Gasteiger partial charge in [-0.1, -0.05) is 66.7 Å². The lowest BCUT2D eigenvalue weighted by Gasteiger charge is -2.16. The van der Waals surface area contributed by atoms with Crippen molar-refractivity contribution in [3.05, 3.63) is 113 Å². The maximum absolute atomic E-state index is 13.2. The summed E-state index contributed by atoms with van der Waals surface area (Å²) in [6, 6.07) is 26.1. The van der Waals surface area contributed by atoms with Crippen LogP contribution in [0, 0.1) is 0 Å². The standard InChI is InChI=1S/C27H23F3N2O2.ClH/c28-27(29,30)22-11-12-23(21(15-22)16-31)24-13-14-25(33-17-19-7-3-1-4-8-19)32-26(24)34-18-20-9-5-2-6-10-20;/h1-15H,16-18,31H2;1H. The van der Waals surface area contributed by atoms with Crippen molar-refractivity contribution in [2.75, 3.05) is 0 Å². The molecule has 0 saturated carbocycles. The molecule has 4 nitrogen and oxygen atoms in total. The molecule has 8 heteroatoms. The lowest BCUT2D eigenvalue weighted by molar-refractivity contribution is -0.137. The Labute approximate surface area is 207 Å². The molecular weight excluding hydrogens is 477 g/mol. The number of nitrogens with zero attached hydrogens (tertiary/aromatic N) is 1. The summed E-state index contributed by atoms with van der Waals surface area (Å²) in [6.07, 6.45) is -4.46. The fourth-order valence-electron chi connectivity index (χ4n) is 3.48. The normalized spacial score (nSPS) is 11.0. The van der Waals surface area contributed by atoms with Crippen LogP contribution >= 0.6 is 12.4 Å². The Kier molecular flexibility index (Phi) is 8.73. The zero-order valence-corrected chi connectivity index (χ0v) is 19.5. The van der Waals surface area contributed by atoms with Crippen LogP contribution < -0.4 is 15.2 Å². The van der Waals surface area contributed by atoms with Crippen LogP contribution in [0.4, 0.5) is 13.2 Å². The fourth-order valence-corrected chi connectivity index (χ4v) is 3.48. The SMILES string of the molecule is Cl.NCc1cc(C(F)(F)F)ccc1-c1ccc(OCc2ccccc2)nc1OCc1ccccc1. The average molecular weight is 501 g/mol. The van der Waals surface area contributed by atoms with Gasteiger partial charge < -0.3 is 15.2 Å². The topological polar surface area (TPSA) is 57.4 Å². The first-order valence-electron chi connectivity index (χ1n) is 10.7. The van der Waals surface area contributed by atoms with E-state index in [9.17, 15) is 13.2 Å². The molecule has 0 atom stereocenters. The molecule has 2 N–H and O–H groups in total. The molecule has 0 bridgehead atoms. The number of ether oxygens (including phenoxy) is 2. The Balaban J connectivity index is 0.00000342. The molecule has 0 aliphatic heterocycles. The predicted molar refractivity (Wildman–Crippen MR) is 131 cm³/mol. The Bertz CT molecular complexity index is 1240.